The number of fused-ring (bicyclic) bond motifs is 1. The molecule has 7 nitrogen and oxygen atoms in total. The van der Waals surface area contributed by atoms with Gasteiger partial charge in [-0.3, -0.25) is 9.59 Å². The lowest BCUT2D eigenvalue weighted by molar-refractivity contribution is -0.123. The van der Waals surface area contributed by atoms with Crippen molar-refractivity contribution in [1.82, 2.24) is 10.6 Å². The number of para-hydroxylation sites is 2. The fourth-order valence-corrected chi connectivity index (χ4v) is 3.20. The van der Waals surface area contributed by atoms with Crippen molar-refractivity contribution in [3.63, 3.8) is 0 Å². The van der Waals surface area contributed by atoms with Crippen LogP contribution in [0.5, 0.6) is 17.2 Å². The largest absolute Gasteiger partial charge is 0.486 e. The number of amides is 2. The maximum atomic E-state index is 12.4. The van der Waals surface area contributed by atoms with E-state index in [9.17, 15) is 9.59 Å². The molecule has 0 unspecified atom stereocenters. The Hall–Kier alpha value is -4.00. The Kier molecular flexibility index (Phi) is 6.87. The number of rotatable bonds is 8. The summed E-state index contributed by atoms with van der Waals surface area (Å²) in [5, 5.41) is 5.65. The van der Waals surface area contributed by atoms with E-state index in [0.717, 1.165) is 5.56 Å². The van der Waals surface area contributed by atoms with E-state index < -0.39 is 0 Å². The minimum absolute atomic E-state index is 0.167. The quantitative estimate of drug-likeness (QED) is 0.572. The Morgan fingerprint density at radius 3 is 2.53 bits per heavy atom. The van der Waals surface area contributed by atoms with Gasteiger partial charge >= 0.3 is 0 Å². The molecular formula is C25H24N2O5. The molecule has 0 aromatic heterocycles. The molecule has 0 bridgehead atoms. The van der Waals surface area contributed by atoms with Crippen LogP contribution in [0.25, 0.3) is 0 Å². The van der Waals surface area contributed by atoms with E-state index in [0.29, 0.717) is 42.5 Å². The van der Waals surface area contributed by atoms with Gasteiger partial charge in [0.1, 0.15) is 18.5 Å². The van der Waals surface area contributed by atoms with Gasteiger partial charge in [-0.1, -0.05) is 48.5 Å². The van der Waals surface area contributed by atoms with Gasteiger partial charge in [-0.25, -0.2) is 0 Å². The highest BCUT2D eigenvalue weighted by Gasteiger charge is 2.21. The lowest BCUT2D eigenvalue weighted by Gasteiger charge is -2.26. The monoisotopic (exact) mass is 432 g/mol. The van der Waals surface area contributed by atoms with Crippen molar-refractivity contribution in [2.45, 2.75) is 12.6 Å². The van der Waals surface area contributed by atoms with Gasteiger partial charge in [0.2, 0.25) is 0 Å². The Balaban J connectivity index is 1.21. The van der Waals surface area contributed by atoms with Crippen LogP contribution in [-0.4, -0.2) is 37.7 Å². The highest BCUT2D eigenvalue weighted by Crippen LogP contribution is 2.30. The number of benzene rings is 3. The molecule has 0 fully saturated rings. The molecule has 7 heteroatoms. The molecule has 0 saturated heterocycles. The van der Waals surface area contributed by atoms with Crippen molar-refractivity contribution in [3.05, 3.63) is 90.0 Å². The van der Waals surface area contributed by atoms with E-state index in [1.54, 1.807) is 24.3 Å². The number of nitrogens with one attached hydrogen (secondary N) is 2. The van der Waals surface area contributed by atoms with Crippen LogP contribution in [0.15, 0.2) is 78.9 Å². The van der Waals surface area contributed by atoms with Gasteiger partial charge < -0.3 is 24.8 Å². The average molecular weight is 432 g/mol. The highest BCUT2D eigenvalue weighted by molar-refractivity contribution is 5.94. The summed E-state index contributed by atoms with van der Waals surface area (Å²) in [5.74, 6) is 1.31. The van der Waals surface area contributed by atoms with Gasteiger partial charge in [0, 0.05) is 12.1 Å². The van der Waals surface area contributed by atoms with Crippen molar-refractivity contribution < 1.29 is 23.8 Å². The third-order valence-corrected chi connectivity index (χ3v) is 4.86. The van der Waals surface area contributed by atoms with Crippen LogP contribution < -0.4 is 24.8 Å². The van der Waals surface area contributed by atoms with Crippen LogP contribution in [0.3, 0.4) is 0 Å². The van der Waals surface area contributed by atoms with Crippen molar-refractivity contribution in [2.75, 3.05) is 19.8 Å². The maximum Gasteiger partial charge on any atom is 0.258 e. The van der Waals surface area contributed by atoms with Crippen LogP contribution in [0.1, 0.15) is 15.9 Å². The van der Waals surface area contributed by atoms with Gasteiger partial charge in [0.25, 0.3) is 11.8 Å². The molecule has 1 heterocycles. The molecule has 0 spiro atoms. The molecule has 0 saturated carbocycles. The number of ether oxygens (including phenoxy) is 3. The van der Waals surface area contributed by atoms with Gasteiger partial charge in [-0.2, -0.15) is 0 Å². The SMILES string of the molecule is O=C(COc1cccc(C(=O)NCc2ccccc2)c1)NC[C@H]1COc2ccccc2O1. The number of carbonyl (C=O) groups is 2. The fraction of sp³-hybridized carbons (Fsp3) is 0.200. The number of hydrogen-bond acceptors (Lipinski definition) is 5. The third kappa shape index (κ3) is 5.78. The van der Waals surface area contributed by atoms with E-state index in [2.05, 4.69) is 10.6 Å². The van der Waals surface area contributed by atoms with E-state index >= 15 is 0 Å². The molecule has 4 rings (SSSR count). The predicted octanol–water partition coefficient (Wildman–Crippen LogP) is 2.95. The molecule has 3 aromatic carbocycles. The molecule has 0 aliphatic carbocycles. The zero-order valence-corrected chi connectivity index (χ0v) is 17.5. The van der Waals surface area contributed by atoms with Crippen LogP contribution in [-0.2, 0) is 11.3 Å². The minimum Gasteiger partial charge on any atom is -0.486 e. The zero-order valence-electron chi connectivity index (χ0n) is 17.5. The van der Waals surface area contributed by atoms with E-state index in [1.165, 1.54) is 0 Å². The van der Waals surface area contributed by atoms with Crippen molar-refractivity contribution in [2.24, 2.45) is 0 Å². The molecule has 2 N–H and O–H groups in total. The molecule has 1 aliphatic heterocycles. The first-order chi connectivity index (χ1) is 15.7. The lowest BCUT2D eigenvalue weighted by Crippen LogP contribution is -2.42. The second-order valence-electron chi connectivity index (χ2n) is 7.29. The second-order valence-corrected chi connectivity index (χ2v) is 7.29. The topological polar surface area (TPSA) is 85.9 Å². The van der Waals surface area contributed by atoms with Gasteiger partial charge in [0.05, 0.1) is 6.54 Å². The first kappa shape index (κ1) is 21.2. The van der Waals surface area contributed by atoms with E-state index in [-0.39, 0.29) is 24.5 Å². The first-order valence-corrected chi connectivity index (χ1v) is 10.4. The molecule has 0 radical (unpaired) electrons. The lowest BCUT2D eigenvalue weighted by atomic mass is 10.2. The summed E-state index contributed by atoms with van der Waals surface area (Å²) < 4.78 is 17.0. The summed E-state index contributed by atoms with van der Waals surface area (Å²) in [5.41, 5.74) is 1.48. The summed E-state index contributed by atoms with van der Waals surface area (Å²) in [6.07, 6.45) is -0.273. The maximum absolute atomic E-state index is 12.4. The Labute approximate surface area is 186 Å². The first-order valence-electron chi connectivity index (χ1n) is 10.4. The normalized spacial score (nSPS) is 14.3. The standard InChI is InChI=1S/C25H24N2O5/c28-24(26-15-21-16-31-22-11-4-5-12-23(22)32-21)17-30-20-10-6-9-19(13-20)25(29)27-14-18-7-2-1-3-8-18/h1-13,21H,14-17H2,(H,26,28)(H,27,29)/t21-/m0/s1. The predicted molar refractivity (Wildman–Crippen MR) is 119 cm³/mol. The molecule has 1 atom stereocenters. The smallest absolute Gasteiger partial charge is 0.258 e. The van der Waals surface area contributed by atoms with Crippen LogP contribution in [0.2, 0.25) is 0 Å². The number of hydrogen-bond donors (Lipinski definition) is 2. The highest BCUT2D eigenvalue weighted by atomic mass is 16.6. The summed E-state index contributed by atoms with van der Waals surface area (Å²) in [4.78, 5) is 24.6. The Morgan fingerprint density at radius 1 is 0.906 bits per heavy atom. The fourth-order valence-electron chi connectivity index (χ4n) is 3.20. The van der Waals surface area contributed by atoms with Crippen LogP contribution in [0.4, 0.5) is 0 Å². The summed E-state index contributed by atoms with van der Waals surface area (Å²) in [6, 6.07) is 23.8. The van der Waals surface area contributed by atoms with Crippen LogP contribution in [0, 0.1) is 0 Å². The second kappa shape index (κ2) is 10.3. The van der Waals surface area contributed by atoms with Crippen molar-refractivity contribution in [3.8, 4) is 17.2 Å². The molecule has 32 heavy (non-hydrogen) atoms. The van der Waals surface area contributed by atoms with Crippen LogP contribution >= 0.6 is 0 Å². The third-order valence-electron chi connectivity index (χ3n) is 4.86. The summed E-state index contributed by atoms with van der Waals surface area (Å²) in [7, 11) is 0. The minimum atomic E-state index is -0.286. The van der Waals surface area contributed by atoms with Crippen molar-refractivity contribution in [1.29, 1.82) is 0 Å². The van der Waals surface area contributed by atoms with Crippen molar-refractivity contribution >= 4 is 11.8 Å². The van der Waals surface area contributed by atoms with E-state index in [4.69, 9.17) is 14.2 Å². The average Bonchev–Trinajstić information content (AvgIpc) is 2.85. The molecule has 1 aliphatic rings. The molecule has 2 amide bonds. The summed E-state index contributed by atoms with van der Waals surface area (Å²) >= 11 is 0. The zero-order chi connectivity index (χ0) is 22.2. The van der Waals surface area contributed by atoms with Gasteiger partial charge in [0.15, 0.2) is 18.1 Å². The molecule has 164 valence electrons. The molecular weight excluding hydrogens is 408 g/mol. The Bertz CT molecular complexity index is 1070. The Morgan fingerprint density at radius 2 is 1.69 bits per heavy atom. The van der Waals surface area contributed by atoms with Gasteiger partial charge in [-0.15, -0.1) is 0 Å². The molecule has 3 aromatic rings. The van der Waals surface area contributed by atoms with E-state index in [1.807, 2.05) is 54.6 Å². The number of carbonyl (C=O) groups excluding carboxylic acids is 2. The summed E-state index contributed by atoms with van der Waals surface area (Å²) in [6.45, 7) is 0.931. The van der Waals surface area contributed by atoms with Gasteiger partial charge in [-0.05, 0) is 35.9 Å².